The van der Waals surface area contributed by atoms with Gasteiger partial charge in [-0.2, -0.15) is 0 Å². The van der Waals surface area contributed by atoms with Gasteiger partial charge in [-0.3, -0.25) is 4.98 Å². The van der Waals surface area contributed by atoms with Crippen molar-refractivity contribution in [1.29, 1.82) is 0 Å². The highest BCUT2D eigenvalue weighted by molar-refractivity contribution is 5.76. The van der Waals surface area contributed by atoms with Gasteiger partial charge in [-0.15, -0.1) is 0 Å². The highest BCUT2D eigenvalue weighted by Gasteiger charge is 2.10. The molecule has 0 amide bonds. The van der Waals surface area contributed by atoms with E-state index in [2.05, 4.69) is 82.7 Å². The molecular weight excluding hydrogens is 316 g/mol. The molecule has 4 rings (SSSR count). The molecule has 0 bridgehead atoms. The van der Waals surface area contributed by atoms with Gasteiger partial charge in [0.15, 0.2) is 0 Å². The number of rotatable bonds is 3. The third-order valence-corrected chi connectivity index (χ3v) is 3.86. The maximum absolute atomic E-state index is 3.98. The Morgan fingerprint density at radius 3 is 1.15 bits per heavy atom. The first-order valence-electron chi connectivity index (χ1n) is 8.67. The van der Waals surface area contributed by atoms with E-state index in [1.165, 1.54) is 17.1 Å². The Bertz CT molecular complexity index is 782. The molecule has 1 heterocycles. The van der Waals surface area contributed by atoms with Crippen LogP contribution in [-0.4, -0.2) is 4.98 Å². The lowest BCUT2D eigenvalue weighted by molar-refractivity contribution is 1.20. The predicted molar refractivity (Wildman–Crippen MR) is 110 cm³/mol. The number of aromatic nitrogens is 1. The summed E-state index contributed by atoms with van der Waals surface area (Å²) in [4.78, 5) is 6.23. The number of pyridine rings is 1. The van der Waals surface area contributed by atoms with Gasteiger partial charge in [-0.25, -0.2) is 0 Å². The average Bonchev–Trinajstić information content (AvgIpc) is 2.72. The van der Waals surface area contributed by atoms with Gasteiger partial charge in [0.25, 0.3) is 0 Å². The molecule has 0 aliphatic carbocycles. The smallest absolute Gasteiger partial charge is 0.0461 e. The summed E-state index contributed by atoms with van der Waals surface area (Å²) in [6.45, 7) is 1.97. The van der Waals surface area contributed by atoms with Crippen LogP contribution in [0.15, 0.2) is 115 Å². The van der Waals surface area contributed by atoms with Crippen molar-refractivity contribution in [3.05, 3.63) is 121 Å². The fourth-order valence-corrected chi connectivity index (χ4v) is 2.63. The summed E-state index contributed by atoms with van der Waals surface area (Å²) in [5.41, 5.74) is 4.57. The Labute approximate surface area is 155 Å². The topological polar surface area (TPSA) is 16.1 Å². The van der Waals surface area contributed by atoms with Crippen LogP contribution < -0.4 is 4.90 Å². The zero-order chi connectivity index (χ0) is 18.0. The predicted octanol–water partition coefficient (Wildman–Crippen LogP) is 6.55. The van der Waals surface area contributed by atoms with Crippen molar-refractivity contribution in [1.82, 2.24) is 4.98 Å². The molecule has 128 valence electrons. The minimum Gasteiger partial charge on any atom is -0.311 e. The molecule has 2 heteroatoms. The lowest BCUT2D eigenvalue weighted by Gasteiger charge is -2.25. The van der Waals surface area contributed by atoms with Crippen LogP contribution in [0, 0.1) is 6.92 Å². The van der Waals surface area contributed by atoms with Crippen molar-refractivity contribution in [3.8, 4) is 0 Å². The van der Waals surface area contributed by atoms with Crippen LogP contribution in [0.5, 0.6) is 0 Å². The van der Waals surface area contributed by atoms with Gasteiger partial charge in [0, 0.05) is 29.0 Å². The number of benzene rings is 3. The van der Waals surface area contributed by atoms with E-state index in [4.69, 9.17) is 0 Å². The first kappa shape index (κ1) is 17.4. The lowest BCUT2D eigenvalue weighted by Crippen LogP contribution is -2.09. The number of para-hydroxylation sites is 3. The van der Waals surface area contributed by atoms with Gasteiger partial charge >= 0.3 is 0 Å². The number of nitrogens with zero attached hydrogens (tertiary/aromatic N) is 2. The van der Waals surface area contributed by atoms with Gasteiger partial charge < -0.3 is 4.90 Å². The Morgan fingerprint density at radius 2 is 0.885 bits per heavy atom. The van der Waals surface area contributed by atoms with Crippen molar-refractivity contribution in [3.63, 3.8) is 0 Å². The maximum Gasteiger partial charge on any atom is 0.0461 e. The van der Waals surface area contributed by atoms with Crippen LogP contribution >= 0.6 is 0 Å². The molecule has 0 saturated carbocycles. The average molecular weight is 338 g/mol. The van der Waals surface area contributed by atoms with Gasteiger partial charge in [-0.05, 0) is 55.5 Å². The van der Waals surface area contributed by atoms with Crippen LogP contribution in [0.25, 0.3) is 0 Å². The summed E-state index contributed by atoms with van der Waals surface area (Å²) >= 11 is 0. The highest BCUT2D eigenvalue weighted by Crippen LogP contribution is 2.33. The van der Waals surface area contributed by atoms with Gasteiger partial charge in [-0.1, -0.05) is 60.7 Å². The first-order chi connectivity index (χ1) is 12.8. The molecule has 0 fully saturated rings. The van der Waals surface area contributed by atoms with E-state index in [1.54, 1.807) is 6.20 Å². The Kier molecular flexibility index (Phi) is 6.16. The summed E-state index contributed by atoms with van der Waals surface area (Å²) in [5, 5.41) is 0. The largest absolute Gasteiger partial charge is 0.311 e. The molecule has 3 aromatic carbocycles. The van der Waals surface area contributed by atoms with E-state index >= 15 is 0 Å². The number of hydrogen-bond acceptors (Lipinski definition) is 2. The summed E-state index contributed by atoms with van der Waals surface area (Å²) in [5.74, 6) is 0. The third-order valence-electron chi connectivity index (χ3n) is 3.86. The van der Waals surface area contributed by atoms with Gasteiger partial charge in [0.2, 0.25) is 0 Å². The third kappa shape index (κ3) is 4.81. The molecule has 0 unspecified atom stereocenters. The molecule has 1 aromatic heterocycles. The minimum atomic E-state index is 1.07. The lowest BCUT2D eigenvalue weighted by atomic mass is 10.2. The summed E-state index contributed by atoms with van der Waals surface area (Å²) in [6, 6.07) is 37.1. The summed E-state index contributed by atoms with van der Waals surface area (Å²) in [6.07, 6.45) is 1.79. The molecule has 26 heavy (non-hydrogen) atoms. The van der Waals surface area contributed by atoms with Crippen molar-refractivity contribution >= 4 is 17.1 Å². The Morgan fingerprint density at radius 1 is 0.500 bits per heavy atom. The van der Waals surface area contributed by atoms with E-state index in [9.17, 15) is 0 Å². The molecule has 0 saturated heterocycles. The molecule has 0 aliphatic rings. The van der Waals surface area contributed by atoms with E-state index in [0.717, 1.165) is 5.69 Å². The van der Waals surface area contributed by atoms with Crippen LogP contribution in [0.3, 0.4) is 0 Å². The zero-order valence-corrected chi connectivity index (χ0v) is 14.9. The normalized spacial score (nSPS) is 9.73. The van der Waals surface area contributed by atoms with Gasteiger partial charge in [0.1, 0.15) is 0 Å². The van der Waals surface area contributed by atoms with Crippen LogP contribution in [-0.2, 0) is 0 Å². The molecule has 2 nitrogen and oxygen atoms in total. The molecule has 0 spiro atoms. The fraction of sp³-hybridized carbons (Fsp3) is 0.0417. The molecule has 0 radical (unpaired) electrons. The second-order valence-electron chi connectivity index (χ2n) is 5.81. The van der Waals surface area contributed by atoms with Crippen molar-refractivity contribution < 1.29 is 0 Å². The Balaban J connectivity index is 0.000000236. The second-order valence-corrected chi connectivity index (χ2v) is 5.81. The van der Waals surface area contributed by atoms with E-state index in [1.807, 2.05) is 43.3 Å². The quantitative estimate of drug-likeness (QED) is 0.421. The Hall–Kier alpha value is -3.39. The molecular formula is C24H22N2. The maximum atomic E-state index is 3.98. The standard InChI is InChI=1S/C18H15N.C6H7N/c1-4-10-16(11-5-1)19(17-12-6-2-7-13-17)18-14-8-3-9-15-18;1-6-4-2-3-5-7-6/h1-15H;2-5H,1H3. The first-order valence-corrected chi connectivity index (χ1v) is 8.67. The second kappa shape index (κ2) is 9.19. The molecule has 0 N–H and O–H groups in total. The number of hydrogen-bond donors (Lipinski definition) is 0. The van der Waals surface area contributed by atoms with Crippen molar-refractivity contribution in [2.24, 2.45) is 0 Å². The van der Waals surface area contributed by atoms with Crippen LogP contribution in [0.4, 0.5) is 17.1 Å². The monoisotopic (exact) mass is 338 g/mol. The molecule has 0 aliphatic heterocycles. The summed E-state index contributed by atoms with van der Waals surface area (Å²) in [7, 11) is 0. The highest BCUT2D eigenvalue weighted by atomic mass is 15.1. The van der Waals surface area contributed by atoms with Crippen molar-refractivity contribution in [2.75, 3.05) is 4.90 Å². The van der Waals surface area contributed by atoms with E-state index in [0.29, 0.717) is 0 Å². The SMILES string of the molecule is Cc1ccccn1.c1ccc(N(c2ccccc2)c2ccccc2)cc1. The number of anilines is 3. The van der Waals surface area contributed by atoms with Crippen LogP contribution in [0.2, 0.25) is 0 Å². The minimum absolute atomic E-state index is 1.07. The van der Waals surface area contributed by atoms with Crippen molar-refractivity contribution in [2.45, 2.75) is 6.92 Å². The van der Waals surface area contributed by atoms with Gasteiger partial charge in [0.05, 0.1) is 0 Å². The molecule has 4 aromatic rings. The zero-order valence-electron chi connectivity index (χ0n) is 14.9. The van der Waals surface area contributed by atoms with E-state index < -0.39 is 0 Å². The molecule has 0 atom stereocenters. The fourth-order valence-electron chi connectivity index (χ4n) is 2.63. The summed E-state index contributed by atoms with van der Waals surface area (Å²) < 4.78 is 0. The van der Waals surface area contributed by atoms with Crippen LogP contribution in [0.1, 0.15) is 5.69 Å². The number of aryl methyl sites for hydroxylation is 1. The van der Waals surface area contributed by atoms with E-state index in [-0.39, 0.29) is 0 Å².